The summed E-state index contributed by atoms with van der Waals surface area (Å²) in [6.07, 6.45) is 0.437. The van der Waals surface area contributed by atoms with Crippen molar-refractivity contribution in [2.24, 2.45) is 5.92 Å². The number of nitrogens with zero attached hydrogens (tertiary/aromatic N) is 1. The minimum Gasteiger partial charge on any atom is -0.481 e. The van der Waals surface area contributed by atoms with Gasteiger partial charge >= 0.3 is 12.0 Å². The number of carboxylic acid groups (broad SMARTS) is 1. The minimum atomic E-state index is -0.894. The van der Waals surface area contributed by atoms with Gasteiger partial charge in [0, 0.05) is 18.3 Å². The van der Waals surface area contributed by atoms with Crippen LogP contribution in [-0.2, 0) is 4.79 Å². The third kappa shape index (κ3) is 2.74. The number of urea groups is 1. The Morgan fingerprint density at radius 2 is 2.15 bits per heavy atom. The summed E-state index contributed by atoms with van der Waals surface area (Å²) < 4.78 is 13.4. The van der Waals surface area contributed by atoms with Crippen molar-refractivity contribution in [1.82, 2.24) is 4.90 Å². The highest BCUT2D eigenvalue weighted by atomic mass is 19.1. The molecule has 1 aliphatic heterocycles. The number of carboxylic acids is 1. The molecule has 1 heterocycles. The quantitative estimate of drug-likeness (QED) is 0.874. The summed E-state index contributed by atoms with van der Waals surface area (Å²) in [5.74, 6) is -1.83. The molecule has 20 heavy (non-hydrogen) atoms. The van der Waals surface area contributed by atoms with E-state index in [9.17, 15) is 14.0 Å². The van der Waals surface area contributed by atoms with Crippen molar-refractivity contribution in [2.45, 2.75) is 26.3 Å². The number of anilines is 1. The highest BCUT2D eigenvalue weighted by molar-refractivity contribution is 5.90. The number of likely N-dealkylation sites (tertiary alicyclic amines) is 1. The van der Waals surface area contributed by atoms with Crippen LogP contribution in [0.5, 0.6) is 0 Å². The SMILES string of the molecule is Cc1ccc(NC(=O)N2CCC(C(=O)O)C2C)cc1F. The standard InChI is InChI=1S/C14H17FN2O3/c1-8-3-4-10(7-12(8)15)16-14(20)17-6-5-11(9(17)2)13(18)19/h3-4,7,9,11H,5-6H2,1-2H3,(H,16,20)(H,18,19). The number of hydrogen-bond acceptors (Lipinski definition) is 2. The summed E-state index contributed by atoms with van der Waals surface area (Å²) in [6, 6.07) is 3.68. The lowest BCUT2D eigenvalue weighted by molar-refractivity contribution is -0.142. The van der Waals surface area contributed by atoms with E-state index in [1.165, 1.54) is 11.0 Å². The van der Waals surface area contributed by atoms with Crippen LogP contribution in [0.4, 0.5) is 14.9 Å². The van der Waals surface area contributed by atoms with Gasteiger partial charge in [-0.1, -0.05) is 6.07 Å². The van der Waals surface area contributed by atoms with Gasteiger partial charge in [-0.25, -0.2) is 9.18 Å². The van der Waals surface area contributed by atoms with Gasteiger partial charge in [-0.15, -0.1) is 0 Å². The first-order valence-corrected chi connectivity index (χ1v) is 6.46. The highest BCUT2D eigenvalue weighted by Gasteiger charge is 2.38. The van der Waals surface area contributed by atoms with E-state index < -0.39 is 17.9 Å². The molecule has 0 aromatic heterocycles. The Hall–Kier alpha value is -2.11. The zero-order chi connectivity index (χ0) is 14.9. The number of aliphatic carboxylic acids is 1. The third-order valence-electron chi connectivity index (χ3n) is 3.76. The van der Waals surface area contributed by atoms with Crippen LogP contribution in [0.1, 0.15) is 18.9 Å². The molecule has 108 valence electrons. The highest BCUT2D eigenvalue weighted by Crippen LogP contribution is 2.25. The monoisotopic (exact) mass is 280 g/mol. The Morgan fingerprint density at radius 1 is 1.45 bits per heavy atom. The number of carbonyl (C=O) groups is 2. The fourth-order valence-electron chi connectivity index (χ4n) is 2.42. The number of hydrogen-bond donors (Lipinski definition) is 2. The summed E-state index contributed by atoms with van der Waals surface area (Å²) in [7, 11) is 0. The zero-order valence-electron chi connectivity index (χ0n) is 11.4. The van der Waals surface area contributed by atoms with Crippen LogP contribution in [0.3, 0.4) is 0 Å². The molecule has 2 unspecified atom stereocenters. The first-order valence-electron chi connectivity index (χ1n) is 6.46. The van der Waals surface area contributed by atoms with Crippen molar-refractivity contribution in [3.8, 4) is 0 Å². The van der Waals surface area contributed by atoms with E-state index in [4.69, 9.17) is 5.11 Å². The predicted molar refractivity (Wildman–Crippen MR) is 72.1 cm³/mol. The second-order valence-corrected chi connectivity index (χ2v) is 5.06. The average Bonchev–Trinajstić information content (AvgIpc) is 2.76. The van der Waals surface area contributed by atoms with Crippen molar-refractivity contribution in [3.63, 3.8) is 0 Å². The number of amides is 2. The molecule has 0 aliphatic carbocycles. The number of nitrogens with one attached hydrogen (secondary N) is 1. The van der Waals surface area contributed by atoms with E-state index in [0.29, 0.717) is 24.2 Å². The molecule has 1 aromatic carbocycles. The maximum absolute atomic E-state index is 13.4. The predicted octanol–water partition coefficient (Wildman–Crippen LogP) is 2.46. The maximum Gasteiger partial charge on any atom is 0.322 e. The van der Waals surface area contributed by atoms with Crippen LogP contribution in [0.25, 0.3) is 0 Å². The first kappa shape index (κ1) is 14.3. The van der Waals surface area contributed by atoms with Crippen LogP contribution in [0, 0.1) is 18.7 Å². The van der Waals surface area contributed by atoms with E-state index in [1.54, 1.807) is 26.0 Å². The smallest absolute Gasteiger partial charge is 0.322 e. The normalized spacial score (nSPS) is 21.9. The number of halogens is 1. The van der Waals surface area contributed by atoms with Crippen molar-refractivity contribution >= 4 is 17.7 Å². The van der Waals surface area contributed by atoms with Crippen molar-refractivity contribution < 1.29 is 19.1 Å². The van der Waals surface area contributed by atoms with Gasteiger partial charge in [-0.3, -0.25) is 4.79 Å². The van der Waals surface area contributed by atoms with E-state index in [-0.39, 0.29) is 11.9 Å². The number of carbonyl (C=O) groups excluding carboxylic acids is 1. The van der Waals surface area contributed by atoms with Crippen molar-refractivity contribution in [1.29, 1.82) is 0 Å². The van der Waals surface area contributed by atoms with E-state index in [2.05, 4.69) is 5.32 Å². The van der Waals surface area contributed by atoms with E-state index >= 15 is 0 Å². The van der Waals surface area contributed by atoms with Crippen molar-refractivity contribution in [2.75, 3.05) is 11.9 Å². The van der Waals surface area contributed by atoms with Gasteiger partial charge in [-0.05, 0) is 38.0 Å². The van der Waals surface area contributed by atoms with Gasteiger partial charge < -0.3 is 15.3 Å². The molecule has 0 radical (unpaired) electrons. The lowest BCUT2D eigenvalue weighted by atomic mass is 10.0. The minimum absolute atomic E-state index is 0.365. The average molecular weight is 280 g/mol. The molecular weight excluding hydrogens is 263 g/mol. The fourth-order valence-corrected chi connectivity index (χ4v) is 2.42. The van der Waals surface area contributed by atoms with Crippen LogP contribution in [0.2, 0.25) is 0 Å². The van der Waals surface area contributed by atoms with E-state index in [0.717, 1.165) is 0 Å². The van der Waals surface area contributed by atoms with E-state index in [1.807, 2.05) is 0 Å². The second kappa shape index (κ2) is 5.48. The third-order valence-corrected chi connectivity index (χ3v) is 3.76. The zero-order valence-corrected chi connectivity index (χ0v) is 11.4. The Balaban J connectivity index is 2.05. The Kier molecular flexibility index (Phi) is 3.92. The van der Waals surface area contributed by atoms with Crippen LogP contribution >= 0.6 is 0 Å². The summed E-state index contributed by atoms with van der Waals surface area (Å²) >= 11 is 0. The molecule has 2 rings (SSSR count). The molecule has 2 N–H and O–H groups in total. The molecule has 0 saturated carbocycles. The summed E-state index contributed by atoms with van der Waals surface area (Å²) in [6.45, 7) is 3.74. The van der Waals surface area contributed by atoms with Gasteiger partial charge in [0.05, 0.1) is 5.92 Å². The lowest BCUT2D eigenvalue weighted by Crippen LogP contribution is -2.40. The molecule has 2 atom stereocenters. The Morgan fingerprint density at radius 3 is 2.70 bits per heavy atom. The summed E-state index contributed by atoms with van der Waals surface area (Å²) in [4.78, 5) is 24.6. The second-order valence-electron chi connectivity index (χ2n) is 5.06. The number of rotatable bonds is 2. The molecular formula is C14H17FN2O3. The van der Waals surface area contributed by atoms with Gasteiger partial charge in [-0.2, -0.15) is 0 Å². The van der Waals surface area contributed by atoms with Gasteiger partial charge in [0.15, 0.2) is 0 Å². The molecule has 1 saturated heterocycles. The van der Waals surface area contributed by atoms with Crippen LogP contribution in [0.15, 0.2) is 18.2 Å². The molecule has 0 spiro atoms. The lowest BCUT2D eigenvalue weighted by Gasteiger charge is -2.23. The fraction of sp³-hybridized carbons (Fsp3) is 0.429. The van der Waals surface area contributed by atoms with Crippen molar-refractivity contribution in [3.05, 3.63) is 29.6 Å². The van der Waals surface area contributed by atoms with Gasteiger partial charge in [0.25, 0.3) is 0 Å². The number of aryl methyl sites for hydroxylation is 1. The summed E-state index contributed by atoms with van der Waals surface area (Å²) in [5.41, 5.74) is 0.868. The molecule has 1 fully saturated rings. The van der Waals surface area contributed by atoms with Crippen LogP contribution in [-0.4, -0.2) is 34.6 Å². The van der Waals surface area contributed by atoms with Crippen LogP contribution < -0.4 is 5.32 Å². The maximum atomic E-state index is 13.4. The first-order chi connectivity index (χ1) is 9.40. The van der Waals surface area contributed by atoms with Gasteiger partial charge in [0.2, 0.25) is 0 Å². The molecule has 6 heteroatoms. The largest absolute Gasteiger partial charge is 0.481 e. The molecule has 0 bridgehead atoms. The molecule has 5 nitrogen and oxygen atoms in total. The number of benzene rings is 1. The summed E-state index contributed by atoms with van der Waals surface area (Å²) in [5, 5.41) is 11.6. The Labute approximate surface area is 116 Å². The topological polar surface area (TPSA) is 69.6 Å². The van der Waals surface area contributed by atoms with Gasteiger partial charge in [0.1, 0.15) is 5.82 Å². The molecule has 2 amide bonds. The Bertz CT molecular complexity index is 547. The molecule has 1 aromatic rings. The molecule has 1 aliphatic rings.